The minimum absolute atomic E-state index is 0.0755. The number of rotatable bonds is 5. The summed E-state index contributed by atoms with van der Waals surface area (Å²) in [5.74, 6) is -0.103. The van der Waals surface area contributed by atoms with Crippen molar-refractivity contribution in [2.75, 3.05) is 5.32 Å². The van der Waals surface area contributed by atoms with E-state index >= 15 is 0 Å². The zero-order chi connectivity index (χ0) is 16.3. The van der Waals surface area contributed by atoms with E-state index in [1.54, 1.807) is 18.2 Å². The minimum Gasteiger partial charge on any atom is -0.353 e. The van der Waals surface area contributed by atoms with Gasteiger partial charge in [-0.2, -0.15) is 0 Å². The number of Topliss-reactive ketones (excluding diaryl/α,β-unsaturated/α-hetero) is 1. The molecule has 0 amide bonds. The highest BCUT2D eigenvalue weighted by Gasteiger charge is 2.14. The number of nitro benzene ring substituents is 1. The maximum atomic E-state index is 11.4. The number of non-ortho nitro benzene ring substituents is 1. The molecular formula is C15H12Cl2N2O3. The van der Waals surface area contributed by atoms with Crippen molar-refractivity contribution in [3.05, 3.63) is 62.1 Å². The molecule has 0 aliphatic heterocycles. The van der Waals surface area contributed by atoms with E-state index in [0.29, 0.717) is 27.0 Å². The van der Waals surface area contributed by atoms with Crippen molar-refractivity contribution in [3.63, 3.8) is 0 Å². The molecule has 0 radical (unpaired) electrons. The van der Waals surface area contributed by atoms with Gasteiger partial charge in [-0.3, -0.25) is 14.9 Å². The van der Waals surface area contributed by atoms with Gasteiger partial charge in [0.15, 0.2) is 0 Å². The molecule has 0 unspecified atom stereocenters. The number of nitrogens with zero attached hydrogens (tertiary/aromatic N) is 1. The number of hydrogen-bond acceptors (Lipinski definition) is 4. The lowest BCUT2D eigenvalue weighted by atomic mass is 10.1. The van der Waals surface area contributed by atoms with Crippen LogP contribution in [0.4, 0.5) is 17.1 Å². The first kappa shape index (κ1) is 16.3. The molecule has 2 aromatic carbocycles. The van der Waals surface area contributed by atoms with Crippen molar-refractivity contribution >= 4 is 46.0 Å². The van der Waals surface area contributed by atoms with Crippen molar-refractivity contribution < 1.29 is 9.72 Å². The Bertz CT molecular complexity index is 727. The number of hydrogen-bond donors (Lipinski definition) is 1. The van der Waals surface area contributed by atoms with E-state index in [1.807, 2.05) is 0 Å². The third-order valence-corrected chi connectivity index (χ3v) is 3.59. The summed E-state index contributed by atoms with van der Waals surface area (Å²) in [6.07, 6.45) is 0.0755. The van der Waals surface area contributed by atoms with Gasteiger partial charge < -0.3 is 5.32 Å². The number of benzene rings is 2. The van der Waals surface area contributed by atoms with Crippen LogP contribution in [0.5, 0.6) is 0 Å². The first-order valence-corrected chi connectivity index (χ1v) is 7.12. The van der Waals surface area contributed by atoms with E-state index in [-0.39, 0.29) is 17.9 Å². The maximum absolute atomic E-state index is 11.4. The zero-order valence-corrected chi connectivity index (χ0v) is 13.1. The zero-order valence-electron chi connectivity index (χ0n) is 11.6. The highest BCUT2D eigenvalue weighted by atomic mass is 35.5. The molecule has 0 saturated carbocycles. The average Bonchev–Trinajstić information content (AvgIpc) is 2.43. The molecule has 0 aromatic heterocycles. The summed E-state index contributed by atoms with van der Waals surface area (Å²) >= 11 is 12.2. The van der Waals surface area contributed by atoms with Gasteiger partial charge in [-0.1, -0.05) is 29.3 Å². The van der Waals surface area contributed by atoms with Gasteiger partial charge in [0.05, 0.1) is 20.7 Å². The molecule has 22 heavy (non-hydrogen) atoms. The van der Waals surface area contributed by atoms with Crippen LogP contribution in [0.2, 0.25) is 10.0 Å². The second-order valence-electron chi connectivity index (χ2n) is 4.70. The molecule has 0 fully saturated rings. The molecule has 5 nitrogen and oxygen atoms in total. The van der Waals surface area contributed by atoms with Crippen LogP contribution in [0, 0.1) is 10.1 Å². The van der Waals surface area contributed by atoms with Crippen LogP contribution in [0.15, 0.2) is 36.4 Å². The van der Waals surface area contributed by atoms with Crippen LogP contribution < -0.4 is 5.32 Å². The van der Waals surface area contributed by atoms with Crippen molar-refractivity contribution in [3.8, 4) is 0 Å². The Hall–Kier alpha value is -2.11. The quantitative estimate of drug-likeness (QED) is 0.629. The fraction of sp³-hybridized carbons (Fsp3) is 0.133. The van der Waals surface area contributed by atoms with Crippen LogP contribution in [0.3, 0.4) is 0 Å². The lowest BCUT2D eigenvalue weighted by Gasteiger charge is -2.13. The molecule has 0 saturated heterocycles. The van der Waals surface area contributed by atoms with Gasteiger partial charge in [0.2, 0.25) is 0 Å². The van der Waals surface area contributed by atoms with Gasteiger partial charge in [-0.05, 0) is 30.7 Å². The Kier molecular flexibility index (Phi) is 5.00. The lowest BCUT2D eigenvalue weighted by molar-refractivity contribution is -0.384. The second kappa shape index (κ2) is 6.77. The Morgan fingerprint density at radius 1 is 1.23 bits per heavy atom. The Morgan fingerprint density at radius 3 is 2.41 bits per heavy atom. The molecule has 114 valence electrons. The van der Waals surface area contributed by atoms with Gasteiger partial charge in [0, 0.05) is 24.2 Å². The lowest BCUT2D eigenvalue weighted by Crippen LogP contribution is -2.03. The Balaban J connectivity index is 2.45. The topological polar surface area (TPSA) is 72.2 Å². The summed E-state index contributed by atoms with van der Waals surface area (Å²) < 4.78 is 0. The van der Waals surface area contributed by atoms with Crippen LogP contribution in [-0.4, -0.2) is 10.7 Å². The fourth-order valence-corrected chi connectivity index (χ4v) is 2.47. The van der Waals surface area contributed by atoms with Crippen molar-refractivity contribution in [2.45, 2.75) is 13.3 Å². The highest BCUT2D eigenvalue weighted by Crippen LogP contribution is 2.34. The predicted octanol–water partition coefficient (Wildman–Crippen LogP) is 4.78. The largest absolute Gasteiger partial charge is 0.353 e. The van der Waals surface area contributed by atoms with Crippen LogP contribution in [0.25, 0.3) is 0 Å². The molecule has 0 atom stereocenters. The van der Waals surface area contributed by atoms with Crippen LogP contribution >= 0.6 is 23.2 Å². The molecule has 0 aliphatic carbocycles. The number of nitrogens with one attached hydrogen (secondary N) is 1. The maximum Gasteiger partial charge on any atom is 0.269 e. The van der Waals surface area contributed by atoms with Crippen molar-refractivity contribution in [1.82, 2.24) is 0 Å². The van der Waals surface area contributed by atoms with E-state index in [0.717, 1.165) is 0 Å². The second-order valence-corrected chi connectivity index (χ2v) is 5.51. The molecule has 0 bridgehead atoms. The van der Waals surface area contributed by atoms with Gasteiger partial charge >= 0.3 is 0 Å². The Labute approximate surface area is 137 Å². The molecule has 2 aromatic rings. The third kappa shape index (κ3) is 3.75. The van der Waals surface area contributed by atoms with Gasteiger partial charge in [-0.25, -0.2) is 0 Å². The fourth-order valence-electron chi connectivity index (χ4n) is 1.98. The number of anilines is 2. The summed E-state index contributed by atoms with van der Waals surface area (Å²) in [6.45, 7) is 1.42. The average molecular weight is 339 g/mol. The summed E-state index contributed by atoms with van der Waals surface area (Å²) in [6, 6.07) is 9.32. The number of ketones is 1. The first-order valence-electron chi connectivity index (χ1n) is 6.36. The molecule has 1 N–H and O–H groups in total. The predicted molar refractivity (Wildman–Crippen MR) is 87.2 cm³/mol. The number of carbonyl (C=O) groups is 1. The SMILES string of the molecule is CC(=O)Cc1cc([N+](=O)[O-])ccc1Nc1c(Cl)cccc1Cl. The molecule has 0 aliphatic rings. The van der Waals surface area contributed by atoms with E-state index in [4.69, 9.17) is 23.2 Å². The highest BCUT2D eigenvalue weighted by molar-refractivity contribution is 6.39. The first-order chi connectivity index (χ1) is 10.4. The minimum atomic E-state index is -0.504. The molecule has 0 heterocycles. The van der Waals surface area contributed by atoms with E-state index in [2.05, 4.69) is 5.32 Å². The normalized spacial score (nSPS) is 10.3. The summed E-state index contributed by atoms with van der Waals surface area (Å²) in [5.41, 5.74) is 1.48. The van der Waals surface area contributed by atoms with Gasteiger partial charge in [0.25, 0.3) is 5.69 Å². The third-order valence-electron chi connectivity index (χ3n) is 2.96. The molecule has 0 spiro atoms. The standard InChI is InChI=1S/C15H12Cl2N2O3/c1-9(20)7-10-8-11(19(21)22)5-6-14(10)18-15-12(16)3-2-4-13(15)17/h2-6,8,18H,7H2,1H3. The number of carbonyl (C=O) groups excluding carboxylic acids is 1. The van der Waals surface area contributed by atoms with Crippen molar-refractivity contribution in [2.24, 2.45) is 0 Å². The number of halogens is 2. The molecular weight excluding hydrogens is 327 g/mol. The Morgan fingerprint density at radius 2 is 1.86 bits per heavy atom. The summed E-state index contributed by atoms with van der Waals surface area (Å²) in [4.78, 5) is 21.8. The van der Waals surface area contributed by atoms with E-state index < -0.39 is 4.92 Å². The number of nitro groups is 1. The van der Waals surface area contributed by atoms with E-state index in [1.165, 1.54) is 25.1 Å². The van der Waals surface area contributed by atoms with E-state index in [9.17, 15) is 14.9 Å². The molecule has 2 rings (SSSR count). The van der Waals surface area contributed by atoms with Gasteiger partial charge in [-0.15, -0.1) is 0 Å². The number of para-hydroxylation sites is 1. The monoisotopic (exact) mass is 338 g/mol. The van der Waals surface area contributed by atoms with Crippen LogP contribution in [0.1, 0.15) is 12.5 Å². The summed E-state index contributed by atoms with van der Waals surface area (Å²) in [5, 5.41) is 14.7. The summed E-state index contributed by atoms with van der Waals surface area (Å²) in [7, 11) is 0. The molecule has 7 heteroatoms. The van der Waals surface area contributed by atoms with Gasteiger partial charge in [0.1, 0.15) is 5.78 Å². The van der Waals surface area contributed by atoms with Crippen molar-refractivity contribution in [1.29, 1.82) is 0 Å². The van der Waals surface area contributed by atoms with Crippen LogP contribution in [-0.2, 0) is 11.2 Å². The smallest absolute Gasteiger partial charge is 0.269 e.